The van der Waals surface area contributed by atoms with Crippen molar-refractivity contribution < 1.29 is 4.74 Å². The number of rotatable bonds is 4. The van der Waals surface area contributed by atoms with Crippen LogP contribution in [0, 0.1) is 20.8 Å². The van der Waals surface area contributed by atoms with Gasteiger partial charge >= 0.3 is 0 Å². The molecule has 2 rings (SSSR count). The van der Waals surface area contributed by atoms with Crippen LogP contribution in [0.5, 0.6) is 5.75 Å². The summed E-state index contributed by atoms with van der Waals surface area (Å²) >= 11 is 6.17. The first-order valence-electron chi connectivity index (χ1n) is 6.68. The molecule has 0 saturated carbocycles. The van der Waals surface area contributed by atoms with Gasteiger partial charge in [0.2, 0.25) is 0 Å². The van der Waals surface area contributed by atoms with Crippen LogP contribution in [0.3, 0.4) is 0 Å². The lowest BCUT2D eigenvalue weighted by atomic mass is 10.1. The summed E-state index contributed by atoms with van der Waals surface area (Å²) < 4.78 is 5.96. The zero-order valence-electron chi connectivity index (χ0n) is 12.4. The van der Waals surface area contributed by atoms with E-state index in [1.165, 1.54) is 11.1 Å². The predicted octanol–water partition coefficient (Wildman–Crippen LogP) is 4.89. The van der Waals surface area contributed by atoms with Gasteiger partial charge in [-0.15, -0.1) is 0 Å². The number of aryl methyl sites for hydroxylation is 3. The summed E-state index contributed by atoms with van der Waals surface area (Å²) in [5.74, 6) is 0.839. The Kier molecular flexibility index (Phi) is 4.56. The molecule has 0 heterocycles. The van der Waals surface area contributed by atoms with Gasteiger partial charge in [-0.3, -0.25) is 0 Å². The Hall–Kier alpha value is -1.67. The molecule has 2 aromatic rings. The molecule has 0 fully saturated rings. The fraction of sp³-hybridized carbons (Fsp3) is 0.294. The third-order valence-corrected chi connectivity index (χ3v) is 3.91. The van der Waals surface area contributed by atoms with Gasteiger partial charge in [0, 0.05) is 23.3 Å². The third kappa shape index (κ3) is 3.07. The number of benzene rings is 2. The topological polar surface area (TPSA) is 21.3 Å². The largest absolute Gasteiger partial charge is 0.488 e. The summed E-state index contributed by atoms with van der Waals surface area (Å²) in [6.45, 7) is 6.66. The quantitative estimate of drug-likeness (QED) is 0.865. The van der Waals surface area contributed by atoms with Crippen LogP contribution in [0.15, 0.2) is 30.3 Å². The number of hydrogen-bond donors (Lipinski definition) is 1. The average molecular weight is 290 g/mol. The highest BCUT2D eigenvalue weighted by Crippen LogP contribution is 2.28. The molecule has 2 nitrogen and oxygen atoms in total. The van der Waals surface area contributed by atoms with Gasteiger partial charge in [0.15, 0.2) is 0 Å². The number of anilines is 1. The standard InChI is InChI=1S/C17H20ClNO/c1-11-6-5-7-16(19-4)14(11)10-20-17-9-15(18)12(2)8-13(17)3/h5-9,19H,10H2,1-4H3. The van der Waals surface area contributed by atoms with Crippen molar-refractivity contribution >= 4 is 17.3 Å². The SMILES string of the molecule is CNc1cccc(C)c1COc1cc(Cl)c(C)cc1C. The Bertz CT molecular complexity index is 623. The lowest BCUT2D eigenvalue weighted by molar-refractivity contribution is 0.304. The first kappa shape index (κ1) is 14.7. The predicted molar refractivity (Wildman–Crippen MR) is 86.0 cm³/mol. The van der Waals surface area contributed by atoms with Crippen LogP contribution in [-0.4, -0.2) is 7.05 Å². The zero-order valence-corrected chi connectivity index (χ0v) is 13.1. The van der Waals surface area contributed by atoms with Crippen LogP contribution in [0.4, 0.5) is 5.69 Å². The minimum Gasteiger partial charge on any atom is -0.488 e. The monoisotopic (exact) mass is 289 g/mol. The number of ether oxygens (including phenoxy) is 1. The smallest absolute Gasteiger partial charge is 0.124 e. The molecule has 0 aliphatic rings. The van der Waals surface area contributed by atoms with Crippen molar-refractivity contribution in [3.63, 3.8) is 0 Å². The molecule has 0 unspecified atom stereocenters. The average Bonchev–Trinajstić information content (AvgIpc) is 2.42. The molecule has 0 aromatic heterocycles. The number of hydrogen-bond acceptors (Lipinski definition) is 2. The van der Waals surface area contributed by atoms with Crippen LogP contribution < -0.4 is 10.1 Å². The van der Waals surface area contributed by atoms with Gasteiger partial charge in [0.05, 0.1) is 0 Å². The molecule has 20 heavy (non-hydrogen) atoms. The van der Waals surface area contributed by atoms with E-state index in [0.29, 0.717) is 6.61 Å². The number of halogens is 1. The molecule has 0 atom stereocenters. The van der Waals surface area contributed by atoms with Gasteiger partial charge in [0.25, 0.3) is 0 Å². The molecular weight excluding hydrogens is 270 g/mol. The van der Waals surface area contributed by atoms with E-state index in [1.54, 1.807) is 0 Å². The summed E-state index contributed by atoms with van der Waals surface area (Å²) in [5, 5.41) is 3.94. The fourth-order valence-corrected chi connectivity index (χ4v) is 2.39. The van der Waals surface area contributed by atoms with E-state index in [0.717, 1.165) is 27.6 Å². The maximum Gasteiger partial charge on any atom is 0.124 e. The molecule has 1 N–H and O–H groups in total. The van der Waals surface area contributed by atoms with Crippen molar-refractivity contribution in [3.8, 4) is 5.75 Å². The number of nitrogens with one attached hydrogen (secondary N) is 1. The molecule has 0 spiro atoms. The molecule has 0 bridgehead atoms. The van der Waals surface area contributed by atoms with Gasteiger partial charge in [-0.05, 0) is 49.6 Å². The van der Waals surface area contributed by atoms with Gasteiger partial charge in [-0.1, -0.05) is 29.8 Å². The van der Waals surface area contributed by atoms with Crippen molar-refractivity contribution in [1.29, 1.82) is 0 Å². The Morgan fingerprint density at radius 1 is 1.05 bits per heavy atom. The molecule has 106 valence electrons. The molecule has 0 amide bonds. The van der Waals surface area contributed by atoms with E-state index in [2.05, 4.69) is 30.4 Å². The second-order valence-electron chi connectivity index (χ2n) is 5.01. The highest BCUT2D eigenvalue weighted by molar-refractivity contribution is 6.31. The van der Waals surface area contributed by atoms with E-state index in [4.69, 9.17) is 16.3 Å². The summed E-state index contributed by atoms with van der Waals surface area (Å²) in [4.78, 5) is 0. The van der Waals surface area contributed by atoms with E-state index in [-0.39, 0.29) is 0 Å². The third-order valence-electron chi connectivity index (χ3n) is 3.51. The highest BCUT2D eigenvalue weighted by atomic mass is 35.5. The maximum absolute atomic E-state index is 6.17. The summed E-state index contributed by atoms with van der Waals surface area (Å²) in [6.07, 6.45) is 0. The highest BCUT2D eigenvalue weighted by Gasteiger charge is 2.08. The van der Waals surface area contributed by atoms with Crippen LogP contribution in [0.25, 0.3) is 0 Å². The second-order valence-corrected chi connectivity index (χ2v) is 5.41. The first-order valence-corrected chi connectivity index (χ1v) is 7.06. The van der Waals surface area contributed by atoms with Crippen molar-refractivity contribution in [3.05, 3.63) is 57.6 Å². The zero-order chi connectivity index (χ0) is 14.7. The van der Waals surface area contributed by atoms with Crippen molar-refractivity contribution in [2.75, 3.05) is 12.4 Å². The second kappa shape index (κ2) is 6.19. The van der Waals surface area contributed by atoms with Crippen LogP contribution >= 0.6 is 11.6 Å². The maximum atomic E-state index is 6.17. The van der Waals surface area contributed by atoms with E-state index >= 15 is 0 Å². The molecular formula is C17H20ClNO. The summed E-state index contributed by atoms with van der Waals surface area (Å²) in [5.41, 5.74) is 5.66. The van der Waals surface area contributed by atoms with Gasteiger partial charge in [-0.25, -0.2) is 0 Å². The van der Waals surface area contributed by atoms with E-state index in [9.17, 15) is 0 Å². The van der Waals surface area contributed by atoms with Crippen molar-refractivity contribution in [2.24, 2.45) is 0 Å². The van der Waals surface area contributed by atoms with Crippen LogP contribution in [0.2, 0.25) is 5.02 Å². The van der Waals surface area contributed by atoms with Crippen LogP contribution in [-0.2, 0) is 6.61 Å². The molecule has 0 saturated heterocycles. The minimum atomic E-state index is 0.531. The normalized spacial score (nSPS) is 10.4. The summed E-state index contributed by atoms with van der Waals surface area (Å²) in [7, 11) is 1.92. The molecule has 3 heteroatoms. The van der Waals surface area contributed by atoms with Crippen molar-refractivity contribution in [1.82, 2.24) is 0 Å². The Morgan fingerprint density at radius 2 is 1.80 bits per heavy atom. The first-order chi connectivity index (χ1) is 9.52. The van der Waals surface area contributed by atoms with Crippen LogP contribution in [0.1, 0.15) is 22.3 Å². The Morgan fingerprint density at radius 3 is 2.50 bits per heavy atom. The van der Waals surface area contributed by atoms with Gasteiger partial charge < -0.3 is 10.1 Å². The van der Waals surface area contributed by atoms with Gasteiger partial charge in [-0.2, -0.15) is 0 Å². The Labute approximate surface area is 125 Å². The molecule has 0 aliphatic heterocycles. The molecule has 0 radical (unpaired) electrons. The lowest BCUT2D eigenvalue weighted by Crippen LogP contribution is -2.03. The van der Waals surface area contributed by atoms with Gasteiger partial charge in [0.1, 0.15) is 12.4 Å². The van der Waals surface area contributed by atoms with E-state index < -0.39 is 0 Å². The molecule has 2 aromatic carbocycles. The molecule has 0 aliphatic carbocycles. The Balaban J connectivity index is 2.23. The van der Waals surface area contributed by atoms with Crippen molar-refractivity contribution in [2.45, 2.75) is 27.4 Å². The van der Waals surface area contributed by atoms with E-state index in [1.807, 2.05) is 33.0 Å². The lowest BCUT2D eigenvalue weighted by Gasteiger charge is -2.15. The minimum absolute atomic E-state index is 0.531. The summed E-state index contributed by atoms with van der Waals surface area (Å²) in [6, 6.07) is 10.1. The fourth-order valence-electron chi connectivity index (χ4n) is 2.24.